The monoisotopic (exact) mass is 201 g/mol. The molecule has 2 rings (SSSR count). The van der Waals surface area contributed by atoms with E-state index in [9.17, 15) is 0 Å². The third-order valence-corrected chi connectivity index (χ3v) is 2.16. The zero-order valence-electron chi connectivity index (χ0n) is 9.09. The van der Waals surface area contributed by atoms with Crippen molar-refractivity contribution in [3.8, 4) is 11.3 Å². The van der Waals surface area contributed by atoms with Crippen LogP contribution in [0.5, 0.6) is 0 Å². The van der Waals surface area contributed by atoms with Crippen molar-refractivity contribution in [2.75, 3.05) is 0 Å². The summed E-state index contributed by atoms with van der Waals surface area (Å²) in [7, 11) is 0. The number of hydrogen-bond acceptors (Lipinski definition) is 2. The lowest BCUT2D eigenvalue weighted by Gasteiger charge is -2.01. The van der Waals surface area contributed by atoms with Crippen LogP contribution in [0.4, 0.5) is 0 Å². The summed E-state index contributed by atoms with van der Waals surface area (Å²) in [6.07, 6.45) is 2.00. The Morgan fingerprint density at radius 1 is 1.20 bits per heavy atom. The van der Waals surface area contributed by atoms with Gasteiger partial charge in [-0.1, -0.05) is 49.4 Å². The maximum Gasteiger partial charge on any atom is 0.113 e. The Hall–Kier alpha value is -1.64. The Kier molecular flexibility index (Phi) is 2.81. The normalized spacial score (nSPS) is 10.9. The molecule has 0 aliphatic heterocycles. The smallest absolute Gasteiger partial charge is 0.113 e. The molecule has 0 atom stereocenters. The molecule has 78 valence electrons. The lowest BCUT2D eigenvalue weighted by Crippen LogP contribution is -2.04. The molecule has 0 N–H and O–H groups in total. The number of rotatable bonds is 3. The van der Waals surface area contributed by atoms with Gasteiger partial charge in [-0.25, -0.2) is 0 Å². The zero-order chi connectivity index (χ0) is 10.7. The van der Waals surface area contributed by atoms with Crippen LogP contribution < -0.4 is 0 Å². The summed E-state index contributed by atoms with van der Waals surface area (Å²) >= 11 is 0. The Morgan fingerprint density at radius 2 is 1.93 bits per heavy atom. The molecule has 1 heterocycles. The Bertz CT molecular complexity index is 417. The van der Waals surface area contributed by atoms with Crippen molar-refractivity contribution in [3.05, 3.63) is 36.5 Å². The molecule has 2 aromatic rings. The highest BCUT2D eigenvalue weighted by atomic mass is 15.4. The quantitative estimate of drug-likeness (QED) is 0.764. The number of hydrogen-bond donors (Lipinski definition) is 0. The molecule has 1 aromatic heterocycles. The van der Waals surface area contributed by atoms with Gasteiger partial charge in [-0.3, -0.25) is 4.68 Å². The first-order chi connectivity index (χ1) is 7.25. The van der Waals surface area contributed by atoms with Crippen molar-refractivity contribution in [2.24, 2.45) is 5.92 Å². The summed E-state index contributed by atoms with van der Waals surface area (Å²) < 4.78 is 1.90. The minimum absolute atomic E-state index is 0.593. The van der Waals surface area contributed by atoms with E-state index < -0.39 is 0 Å². The van der Waals surface area contributed by atoms with Gasteiger partial charge in [-0.2, -0.15) is 0 Å². The zero-order valence-corrected chi connectivity index (χ0v) is 9.09. The molecule has 0 saturated carbocycles. The van der Waals surface area contributed by atoms with Gasteiger partial charge in [0.25, 0.3) is 0 Å². The van der Waals surface area contributed by atoms with E-state index in [0.29, 0.717) is 5.92 Å². The topological polar surface area (TPSA) is 30.7 Å². The highest BCUT2D eigenvalue weighted by molar-refractivity contribution is 5.56. The third-order valence-electron chi connectivity index (χ3n) is 2.16. The third kappa shape index (κ3) is 2.43. The Balaban J connectivity index is 2.21. The lowest BCUT2D eigenvalue weighted by molar-refractivity contribution is 0.472. The van der Waals surface area contributed by atoms with E-state index in [1.807, 2.05) is 41.2 Å². The van der Waals surface area contributed by atoms with Gasteiger partial charge >= 0.3 is 0 Å². The molecule has 0 amide bonds. The van der Waals surface area contributed by atoms with Crippen molar-refractivity contribution >= 4 is 0 Å². The predicted octanol–water partition coefficient (Wildman–Crippen LogP) is 2.60. The average Bonchev–Trinajstić information content (AvgIpc) is 2.67. The van der Waals surface area contributed by atoms with Crippen LogP contribution in [0.15, 0.2) is 36.5 Å². The molecule has 3 heteroatoms. The molecule has 0 bridgehead atoms. The van der Waals surface area contributed by atoms with Crippen LogP contribution in [-0.4, -0.2) is 15.0 Å². The van der Waals surface area contributed by atoms with Gasteiger partial charge in [0.2, 0.25) is 0 Å². The van der Waals surface area contributed by atoms with Crippen LogP contribution in [0.1, 0.15) is 13.8 Å². The Morgan fingerprint density at radius 3 is 2.60 bits per heavy atom. The first kappa shape index (κ1) is 9.90. The van der Waals surface area contributed by atoms with E-state index in [1.54, 1.807) is 0 Å². The second kappa shape index (κ2) is 4.26. The maximum atomic E-state index is 4.15. The molecule has 3 nitrogen and oxygen atoms in total. The van der Waals surface area contributed by atoms with Crippen LogP contribution in [-0.2, 0) is 6.54 Å². The van der Waals surface area contributed by atoms with Gasteiger partial charge in [0.1, 0.15) is 5.69 Å². The van der Waals surface area contributed by atoms with Gasteiger partial charge in [0.05, 0.1) is 6.20 Å². The van der Waals surface area contributed by atoms with Crippen molar-refractivity contribution in [2.45, 2.75) is 20.4 Å². The average molecular weight is 201 g/mol. The van der Waals surface area contributed by atoms with E-state index in [2.05, 4.69) is 24.2 Å². The molecule has 0 spiro atoms. The van der Waals surface area contributed by atoms with E-state index in [4.69, 9.17) is 0 Å². The Labute approximate surface area is 89.7 Å². The van der Waals surface area contributed by atoms with Crippen LogP contribution in [0.3, 0.4) is 0 Å². The summed E-state index contributed by atoms with van der Waals surface area (Å²) in [5, 5.41) is 8.25. The first-order valence-electron chi connectivity index (χ1n) is 5.21. The summed E-state index contributed by atoms with van der Waals surface area (Å²) in [6, 6.07) is 10.1. The lowest BCUT2D eigenvalue weighted by atomic mass is 10.2. The van der Waals surface area contributed by atoms with Crippen LogP contribution >= 0.6 is 0 Å². The second-order valence-corrected chi connectivity index (χ2v) is 4.09. The van der Waals surface area contributed by atoms with E-state index in [1.165, 1.54) is 0 Å². The van der Waals surface area contributed by atoms with Gasteiger partial charge in [0, 0.05) is 12.1 Å². The molecule has 0 saturated heterocycles. The van der Waals surface area contributed by atoms with Crippen LogP contribution in [0, 0.1) is 5.92 Å². The summed E-state index contributed by atoms with van der Waals surface area (Å²) in [5.74, 6) is 0.593. The fourth-order valence-corrected chi connectivity index (χ4v) is 1.50. The number of benzene rings is 1. The maximum absolute atomic E-state index is 4.15. The number of nitrogens with zero attached hydrogens (tertiary/aromatic N) is 3. The van der Waals surface area contributed by atoms with Crippen molar-refractivity contribution < 1.29 is 0 Å². The first-order valence-corrected chi connectivity index (χ1v) is 5.21. The fourth-order valence-electron chi connectivity index (χ4n) is 1.50. The molecule has 0 aliphatic rings. The molecule has 0 fully saturated rings. The summed E-state index contributed by atoms with van der Waals surface area (Å²) in [5.41, 5.74) is 2.06. The number of aromatic nitrogens is 3. The highest BCUT2D eigenvalue weighted by Gasteiger charge is 2.03. The van der Waals surface area contributed by atoms with Crippen LogP contribution in [0.25, 0.3) is 11.3 Å². The van der Waals surface area contributed by atoms with E-state index >= 15 is 0 Å². The molecular formula is C12H15N3. The standard InChI is InChI=1S/C12H15N3/c1-10(2)8-15-9-12(13-14-15)11-6-4-3-5-7-11/h3-7,9-10H,8H2,1-2H3. The minimum atomic E-state index is 0.593. The van der Waals surface area contributed by atoms with Gasteiger partial charge < -0.3 is 0 Å². The predicted molar refractivity (Wildman–Crippen MR) is 60.3 cm³/mol. The van der Waals surface area contributed by atoms with Crippen molar-refractivity contribution in [1.29, 1.82) is 0 Å². The van der Waals surface area contributed by atoms with Gasteiger partial charge in [-0.15, -0.1) is 5.10 Å². The van der Waals surface area contributed by atoms with Crippen LogP contribution in [0.2, 0.25) is 0 Å². The van der Waals surface area contributed by atoms with Gasteiger partial charge in [0.15, 0.2) is 0 Å². The van der Waals surface area contributed by atoms with Crippen molar-refractivity contribution in [1.82, 2.24) is 15.0 Å². The second-order valence-electron chi connectivity index (χ2n) is 4.09. The highest BCUT2D eigenvalue weighted by Crippen LogP contribution is 2.15. The summed E-state index contributed by atoms with van der Waals surface area (Å²) in [6.45, 7) is 5.26. The minimum Gasteiger partial charge on any atom is -0.252 e. The molecule has 1 aromatic carbocycles. The summed E-state index contributed by atoms with van der Waals surface area (Å²) in [4.78, 5) is 0. The molecule has 0 unspecified atom stereocenters. The molecule has 15 heavy (non-hydrogen) atoms. The SMILES string of the molecule is CC(C)Cn1cc(-c2ccccc2)nn1. The molecule has 0 aliphatic carbocycles. The van der Waals surface area contributed by atoms with Crippen molar-refractivity contribution in [3.63, 3.8) is 0 Å². The van der Waals surface area contributed by atoms with Gasteiger partial charge in [-0.05, 0) is 5.92 Å². The van der Waals surface area contributed by atoms with E-state index in [0.717, 1.165) is 17.8 Å². The fraction of sp³-hybridized carbons (Fsp3) is 0.333. The van der Waals surface area contributed by atoms with E-state index in [-0.39, 0.29) is 0 Å². The molecular weight excluding hydrogens is 186 g/mol. The largest absolute Gasteiger partial charge is 0.252 e. The molecule has 0 radical (unpaired) electrons.